The molecule has 1 atom stereocenters. The van der Waals surface area contributed by atoms with E-state index in [1.54, 1.807) is 4.90 Å². The van der Waals surface area contributed by atoms with Gasteiger partial charge < -0.3 is 20.1 Å². The fourth-order valence-corrected chi connectivity index (χ4v) is 3.51. The Hall–Kier alpha value is -2.60. The lowest BCUT2D eigenvalue weighted by Crippen LogP contribution is -2.47. The summed E-state index contributed by atoms with van der Waals surface area (Å²) < 4.78 is 5.50. The third-order valence-electron chi connectivity index (χ3n) is 4.82. The first-order valence-corrected chi connectivity index (χ1v) is 10.9. The van der Waals surface area contributed by atoms with Crippen LogP contribution in [0.5, 0.6) is 5.75 Å². The molecule has 162 valence electrons. The number of hydrogen-bond acceptors (Lipinski definition) is 3. The zero-order chi connectivity index (χ0) is 22.1. The molecule has 0 unspecified atom stereocenters. The van der Waals surface area contributed by atoms with E-state index in [1.807, 2.05) is 69.3 Å². The Morgan fingerprint density at radius 3 is 2.17 bits per heavy atom. The van der Waals surface area contributed by atoms with Gasteiger partial charge in [0.2, 0.25) is 0 Å². The van der Waals surface area contributed by atoms with E-state index in [4.69, 9.17) is 17.0 Å². The van der Waals surface area contributed by atoms with E-state index in [1.165, 1.54) is 5.56 Å². The molecule has 0 heterocycles. The summed E-state index contributed by atoms with van der Waals surface area (Å²) in [5.74, 6) is 0.141. The third kappa shape index (κ3) is 7.02. The van der Waals surface area contributed by atoms with Crippen molar-refractivity contribution in [2.45, 2.75) is 53.1 Å². The molecule has 0 bridgehead atoms. The van der Waals surface area contributed by atoms with Gasteiger partial charge in [-0.15, -0.1) is 0 Å². The minimum absolute atomic E-state index is 0.223. The number of ether oxygens (including phenoxy) is 1. The number of thiocarbonyl (C=S) groups is 1. The molecule has 0 aromatic heterocycles. The first-order chi connectivity index (χ1) is 14.3. The molecule has 5 nitrogen and oxygen atoms in total. The maximum Gasteiger partial charge on any atom is 0.326 e. The van der Waals surface area contributed by atoms with E-state index < -0.39 is 12.0 Å². The van der Waals surface area contributed by atoms with Crippen LogP contribution < -0.4 is 10.1 Å². The average molecular weight is 429 g/mol. The van der Waals surface area contributed by atoms with Crippen molar-refractivity contribution in [3.63, 3.8) is 0 Å². The van der Waals surface area contributed by atoms with Crippen LogP contribution in [0, 0.1) is 5.92 Å². The zero-order valence-corrected chi connectivity index (χ0v) is 19.0. The number of aliphatic carboxylic acids is 1. The van der Waals surface area contributed by atoms with Gasteiger partial charge in [0.25, 0.3) is 0 Å². The van der Waals surface area contributed by atoms with Crippen molar-refractivity contribution in [1.82, 2.24) is 4.90 Å². The van der Waals surface area contributed by atoms with Crippen molar-refractivity contribution in [3.05, 3.63) is 59.7 Å². The van der Waals surface area contributed by atoms with Crippen molar-refractivity contribution in [2.24, 2.45) is 5.92 Å². The minimum atomic E-state index is -0.875. The van der Waals surface area contributed by atoms with Gasteiger partial charge in [0.15, 0.2) is 5.11 Å². The molecule has 0 aliphatic heterocycles. The van der Waals surface area contributed by atoms with Crippen LogP contribution in [-0.2, 0) is 17.8 Å². The van der Waals surface area contributed by atoms with Gasteiger partial charge in [0.1, 0.15) is 11.8 Å². The van der Waals surface area contributed by atoms with Gasteiger partial charge in [-0.2, -0.15) is 0 Å². The van der Waals surface area contributed by atoms with Crippen LogP contribution in [0.2, 0.25) is 0 Å². The Morgan fingerprint density at radius 2 is 1.67 bits per heavy atom. The molecule has 0 saturated heterocycles. The molecular weight excluding hydrogens is 396 g/mol. The molecule has 2 aromatic rings. The van der Waals surface area contributed by atoms with Gasteiger partial charge in [0, 0.05) is 12.2 Å². The van der Waals surface area contributed by atoms with Crippen LogP contribution in [0.15, 0.2) is 48.5 Å². The first kappa shape index (κ1) is 23.7. The van der Waals surface area contributed by atoms with Crippen molar-refractivity contribution in [1.29, 1.82) is 0 Å². The zero-order valence-electron chi connectivity index (χ0n) is 18.2. The molecular formula is C24H32N2O3S. The van der Waals surface area contributed by atoms with Crippen molar-refractivity contribution < 1.29 is 14.6 Å². The van der Waals surface area contributed by atoms with Crippen LogP contribution >= 0.6 is 12.2 Å². The highest BCUT2D eigenvalue weighted by Crippen LogP contribution is 2.20. The van der Waals surface area contributed by atoms with E-state index in [-0.39, 0.29) is 5.92 Å². The van der Waals surface area contributed by atoms with Crippen molar-refractivity contribution >= 4 is 29.0 Å². The molecule has 0 radical (unpaired) electrons. The van der Waals surface area contributed by atoms with Gasteiger partial charge in [-0.1, -0.05) is 45.0 Å². The summed E-state index contributed by atoms with van der Waals surface area (Å²) in [6.07, 6.45) is 1.47. The highest BCUT2D eigenvalue weighted by Gasteiger charge is 2.28. The van der Waals surface area contributed by atoms with E-state index in [2.05, 4.69) is 12.2 Å². The lowest BCUT2D eigenvalue weighted by atomic mass is 10.0. The predicted octanol–water partition coefficient (Wildman–Crippen LogP) is 5.35. The number of carbonyl (C=O) groups is 1. The quantitative estimate of drug-likeness (QED) is 0.498. The minimum Gasteiger partial charge on any atom is -0.494 e. The second-order valence-corrected chi connectivity index (χ2v) is 8.06. The normalized spacial score (nSPS) is 11.8. The lowest BCUT2D eigenvalue weighted by Gasteiger charge is -2.32. The number of aryl methyl sites for hydroxylation is 1. The van der Waals surface area contributed by atoms with Gasteiger partial charge in [-0.05, 0) is 73.3 Å². The maximum absolute atomic E-state index is 12.1. The van der Waals surface area contributed by atoms with E-state index in [9.17, 15) is 9.90 Å². The molecule has 0 aliphatic carbocycles. The van der Waals surface area contributed by atoms with E-state index >= 15 is 0 Å². The van der Waals surface area contributed by atoms with Crippen LogP contribution in [-0.4, -0.2) is 33.7 Å². The van der Waals surface area contributed by atoms with Crippen LogP contribution in [0.25, 0.3) is 0 Å². The lowest BCUT2D eigenvalue weighted by molar-refractivity contribution is -0.142. The molecule has 0 aliphatic rings. The topological polar surface area (TPSA) is 61.8 Å². The van der Waals surface area contributed by atoms with Crippen molar-refractivity contribution in [3.8, 4) is 5.75 Å². The Morgan fingerprint density at radius 1 is 1.07 bits per heavy atom. The van der Waals surface area contributed by atoms with E-state index in [0.29, 0.717) is 24.7 Å². The number of carboxylic acids is 1. The van der Waals surface area contributed by atoms with E-state index in [0.717, 1.165) is 23.4 Å². The number of hydrogen-bond donors (Lipinski definition) is 2. The molecule has 0 fully saturated rings. The summed E-state index contributed by atoms with van der Waals surface area (Å²) in [7, 11) is 0. The Kier molecular flexibility index (Phi) is 9.12. The summed E-state index contributed by atoms with van der Waals surface area (Å²) in [5.41, 5.74) is 3.06. The predicted molar refractivity (Wildman–Crippen MR) is 126 cm³/mol. The number of rotatable bonds is 10. The highest BCUT2D eigenvalue weighted by atomic mass is 32.1. The standard InChI is InChI=1S/C24H32N2O3S/c1-5-18-7-11-20(12-8-18)25-24(30)26(22(23(27)28)15-17(3)4)16-19-9-13-21(14-10-19)29-6-2/h7-14,17,22H,5-6,15-16H2,1-4H3,(H,25,30)(H,27,28)/t22-/m0/s1. The average Bonchev–Trinajstić information content (AvgIpc) is 2.72. The number of nitrogens with zero attached hydrogens (tertiary/aromatic N) is 1. The molecule has 2 N–H and O–H groups in total. The summed E-state index contributed by atoms with van der Waals surface area (Å²) in [5, 5.41) is 13.5. The van der Waals surface area contributed by atoms with Gasteiger partial charge in [0.05, 0.1) is 6.61 Å². The number of carboxylic acid groups (broad SMARTS) is 1. The van der Waals surface area contributed by atoms with Crippen LogP contribution in [0.4, 0.5) is 5.69 Å². The number of anilines is 1. The molecule has 0 spiro atoms. The molecule has 2 rings (SSSR count). The molecule has 0 amide bonds. The summed E-state index contributed by atoms with van der Waals surface area (Å²) >= 11 is 5.66. The smallest absolute Gasteiger partial charge is 0.326 e. The SMILES string of the molecule is CCOc1ccc(CN(C(=S)Nc2ccc(CC)cc2)[C@@H](CC(C)C)C(=O)O)cc1. The summed E-state index contributed by atoms with van der Waals surface area (Å²) in [6.45, 7) is 9.09. The van der Waals surface area contributed by atoms with Gasteiger partial charge in [-0.25, -0.2) is 4.79 Å². The Balaban J connectivity index is 2.26. The number of nitrogens with one attached hydrogen (secondary N) is 1. The molecule has 2 aromatic carbocycles. The Bertz CT molecular complexity index is 819. The fraction of sp³-hybridized carbons (Fsp3) is 0.417. The summed E-state index contributed by atoms with van der Waals surface area (Å²) in [6, 6.07) is 15.0. The second kappa shape index (κ2) is 11.6. The van der Waals surface area contributed by atoms with Crippen LogP contribution in [0.3, 0.4) is 0 Å². The van der Waals surface area contributed by atoms with Crippen LogP contribution in [0.1, 0.15) is 45.2 Å². The highest BCUT2D eigenvalue weighted by molar-refractivity contribution is 7.80. The Labute approximate surface area is 185 Å². The summed E-state index contributed by atoms with van der Waals surface area (Å²) in [4.78, 5) is 13.9. The third-order valence-corrected chi connectivity index (χ3v) is 5.15. The van der Waals surface area contributed by atoms with Crippen molar-refractivity contribution in [2.75, 3.05) is 11.9 Å². The largest absolute Gasteiger partial charge is 0.494 e. The first-order valence-electron chi connectivity index (χ1n) is 10.4. The van der Waals surface area contributed by atoms with Gasteiger partial charge >= 0.3 is 5.97 Å². The van der Waals surface area contributed by atoms with Gasteiger partial charge in [-0.3, -0.25) is 0 Å². The molecule has 6 heteroatoms. The number of benzene rings is 2. The maximum atomic E-state index is 12.1. The monoisotopic (exact) mass is 428 g/mol. The fourth-order valence-electron chi connectivity index (χ4n) is 3.20. The second-order valence-electron chi connectivity index (χ2n) is 7.67. The molecule has 0 saturated carbocycles. The molecule has 30 heavy (non-hydrogen) atoms.